The van der Waals surface area contributed by atoms with Crippen molar-refractivity contribution < 1.29 is 25.5 Å². The number of hydrogen-bond donors (Lipinski definition) is 6. The molecule has 0 aromatic rings. The lowest BCUT2D eigenvalue weighted by Crippen LogP contribution is -2.43. The maximum absolute atomic E-state index is 10.0. The Kier molecular flexibility index (Phi) is 6.21. The lowest BCUT2D eigenvalue weighted by atomic mass is 9.88. The molecule has 0 saturated carbocycles. The number of nitrogens with zero attached hydrogens (tertiary/aromatic N) is 2. The fraction of sp³-hybridized carbons (Fsp3) is 0.778. The molecule has 8 heteroatoms. The van der Waals surface area contributed by atoms with Gasteiger partial charge >= 0.3 is 0 Å². The molecule has 26 heavy (non-hydrogen) atoms. The third kappa shape index (κ3) is 4.05. The monoisotopic (exact) mass is 369 g/mol. The first-order chi connectivity index (χ1) is 12.4. The van der Waals surface area contributed by atoms with Gasteiger partial charge in [0.25, 0.3) is 0 Å². The molecule has 0 aromatic heterocycles. The third-order valence-corrected chi connectivity index (χ3v) is 5.79. The van der Waals surface area contributed by atoms with E-state index >= 15 is 0 Å². The van der Waals surface area contributed by atoms with Crippen LogP contribution in [0.3, 0.4) is 0 Å². The standard InChI is InChI=1S/C18H31N3O5/c19-11-3-7-20(8-4-11)13-1-2-14(21-9-5-12(22)6-10-21)16(18(25)26)15(13)17(23)24/h11-12,17-18,22-26H,1-10,19H2. The minimum atomic E-state index is -1.78. The van der Waals surface area contributed by atoms with E-state index in [1.165, 1.54) is 0 Å². The lowest BCUT2D eigenvalue weighted by Gasteiger charge is -2.42. The van der Waals surface area contributed by atoms with Crippen LogP contribution >= 0.6 is 0 Å². The van der Waals surface area contributed by atoms with Gasteiger partial charge in [-0.15, -0.1) is 0 Å². The predicted molar refractivity (Wildman–Crippen MR) is 95.3 cm³/mol. The smallest absolute Gasteiger partial charge is 0.180 e. The Hall–Kier alpha value is -1.16. The van der Waals surface area contributed by atoms with Crippen LogP contribution in [-0.4, -0.2) is 86.2 Å². The van der Waals surface area contributed by atoms with E-state index < -0.39 is 12.6 Å². The summed E-state index contributed by atoms with van der Waals surface area (Å²) in [5.41, 5.74) is 7.90. The highest BCUT2D eigenvalue weighted by molar-refractivity contribution is 5.44. The van der Waals surface area contributed by atoms with Crippen LogP contribution in [0.2, 0.25) is 0 Å². The number of aliphatic hydroxyl groups is 5. The summed E-state index contributed by atoms with van der Waals surface area (Å²) in [6.07, 6.45) is 0.241. The van der Waals surface area contributed by atoms with Crippen molar-refractivity contribution in [3.8, 4) is 0 Å². The molecule has 2 saturated heterocycles. The highest BCUT2D eigenvalue weighted by atomic mass is 16.5. The minimum Gasteiger partial charge on any atom is -0.393 e. The Labute approximate surface area is 153 Å². The molecule has 1 aliphatic carbocycles. The van der Waals surface area contributed by atoms with Crippen molar-refractivity contribution in [1.29, 1.82) is 0 Å². The summed E-state index contributed by atoms with van der Waals surface area (Å²) in [6, 6.07) is 0.159. The zero-order valence-electron chi connectivity index (χ0n) is 15.1. The molecule has 2 heterocycles. The molecule has 148 valence electrons. The van der Waals surface area contributed by atoms with E-state index in [2.05, 4.69) is 4.90 Å². The molecule has 0 bridgehead atoms. The zero-order valence-corrected chi connectivity index (χ0v) is 15.1. The van der Waals surface area contributed by atoms with E-state index in [-0.39, 0.29) is 23.3 Å². The summed E-state index contributed by atoms with van der Waals surface area (Å²) in [5, 5.41) is 49.9. The molecular weight excluding hydrogens is 338 g/mol. The van der Waals surface area contributed by atoms with Crippen LogP contribution in [0.1, 0.15) is 38.5 Å². The Morgan fingerprint density at radius 2 is 1.12 bits per heavy atom. The van der Waals surface area contributed by atoms with Gasteiger partial charge in [0.1, 0.15) is 0 Å². The van der Waals surface area contributed by atoms with Gasteiger partial charge in [-0.2, -0.15) is 0 Å². The fourth-order valence-electron chi connectivity index (χ4n) is 4.36. The second-order valence-corrected chi connectivity index (χ2v) is 7.51. The van der Waals surface area contributed by atoms with Crippen LogP contribution in [0, 0.1) is 0 Å². The van der Waals surface area contributed by atoms with Crippen LogP contribution < -0.4 is 5.73 Å². The molecule has 2 aliphatic heterocycles. The quantitative estimate of drug-likeness (QED) is 0.340. The maximum atomic E-state index is 10.0. The molecule has 0 aromatic carbocycles. The van der Waals surface area contributed by atoms with Gasteiger partial charge in [0.2, 0.25) is 0 Å². The largest absolute Gasteiger partial charge is 0.393 e. The normalized spacial score (nSPS) is 24.5. The van der Waals surface area contributed by atoms with Crippen molar-refractivity contribution in [2.24, 2.45) is 5.73 Å². The van der Waals surface area contributed by atoms with E-state index in [9.17, 15) is 25.5 Å². The summed E-state index contributed by atoms with van der Waals surface area (Å²) in [5.74, 6) is 0. The van der Waals surface area contributed by atoms with Crippen molar-refractivity contribution in [1.82, 2.24) is 9.80 Å². The van der Waals surface area contributed by atoms with Crippen molar-refractivity contribution in [2.45, 2.75) is 63.3 Å². The van der Waals surface area contributed by atoms with E-state index in [0.717, 1.165) is 37.3 Å². The van der Waals surface area contributed by atoms with Crippen molar-refractivity contribution in [2.75, 3.05) is 26.2 Å². The molecule has 2 fully saturated rings. The number of hydrogen-bond acceptors (Lipinski definition) is 8. The molecule has 0 spiro atoms. The van der Waals surface area contributed by atoms with Crippen molar-refractivity contribution in [3.63, 3.8) is 0 Å². The lowest BCUT2D eigenvalue weighted by molar-refractivity contribution is -0.0352. The SMILES string of the molecule is NC1CCN(C2=C(C(O)O)C(C(O)O)=C(N3CCC(O)CC3)CC2)CC1. The average Bonchev–Trinajstić information content (AvgIpc) is 2.61. The fourth-order valence-corrected chi connectivity index (χ4v) is 4.36. The van der Waals surface area contributed by atoms with Gasteiger partial charge in [-0.1, -0.05) is 0 Å². The van der Waals surface area contributed by atoms with Crippen LogP contribution in [-0.2, 0) is 0 Å². The number of piperidine rings is 2. The van der Waals surface area contributed by atoms with Gasteiger partial charge in [0, 0.05) is 54.8 Å². The highest BCUT2D eigenvalue weighted by Gasteiger charge is 2.35. The molecule has 0 unspecified atom stereocenters. The van der Waals surface area contributed by atoms with Crippen LogP contribution in [0.25, 0.3) is 0 Å². The predicted octanol–water partition coefficient (Wildman–Crippen LogP) is -1.21. The van der Waals surface area contributed by atoms with Gasteiger partial charge in [0.15, 0.2) is 12.6 Å². The molecule has 3 aliphatic rings. The summed E-state index contributed by atoms with van der Waals surface area (Å²) in [4.78, 5) is 4.13. The van der Waals surface area contributed by atoms with E-state index in [1.807, 2.05) is 4.90 Å². The first-order valence-corrected chi connectivity index (χ1v) is 9.50. The van der Waals surface area contributed by atoms with Gasteiger partial charge < -0.3 is 41.1 Å². The van der Waals surface area contributed by atoms with Gasteiger partial charge in [0.05, 0.1) is 6.10 Å². The van der Waals surface area contributed by atoms with Gasteiger partial charge in [-0.3, -0.25) is 0 Å². The second-order valence-electron chi connectivity index (χ2n) is 7.51. The number of nitrogens with two attached hydrogens (primary N) is 1. The molecule has 8 nitrogen and oxygen atoms in total. The summed E-state index contributed by atoms with van der Waals surface area (Å²) in [7, 11) is 0. The Morgan fingerprint density at radius 1 is 0.731 bits per heavy atom. The number of likely N-dealkylation sites (tertiary alicyclic amines) is 2. The number of allylic oxidation sites excluding steroid dienone is 2. The summed E-state index contributed by atoms with van der Waals surface area (Å²) < 4.78 is 0. The molecule has 0 amide bonds. The van der Waals surface area contributed by atoms with Crippen molar-refractivity contribution >= 4 is 0 Å². The first kappa shape index (κ1) is 19.6. The number of rotatable bonds is 4. The third-order valence-electron chi connectivity index (χ3n) is 5.79. The minimum absolute atomic E-state index is 0.159. The van der Waals surface area contributed by atoms with Gasteiger partial charge in [-0.25, -0.2) is 0 Å². The first-order valence-electron chi connectivity index (χ1n) is 9.50. The maximum Gasteiger partial charge on any atom is 0.180 e. The molecule has 7 N–H and O–H groups in total. The van der Waals surface area contributed by atoms with Crippen LogP contribution in [0.15, 0.2) is 22.5 Å². The Morgan fingerprint density at radius 3 is 1.50 bits per heavy atom. The number of aliphatic hydroxyl groups excluding tert-OH is 3. The summed E-state index contributed by atoms with van der Waals surface area (Å²) >= 11 is 0. The average molecular weight is 369 g/mol. The molecular formula is C18H31N3O5. The van der Waals surface area contributed by atoms with E-state index in [0.29, 0.717) is 38.8 Å². The summed E-state index contributed by atoms with van der Waals surface area (Å²) in [6.45, 7) is 2.70. The van der Waals surface area contributed by atoms with E-state index in [1.54, 1.807) is 0 Å². The zero-order chi connectivity index (χ0) is 18.8. The van der Waals surface area contributed by atoms with Gasteiger partial charge in [-0.05, 0) is 38.5 Å². The van der Waals surface area contributed by atoms with E-state index in [4.69, 9.17) is 5.73 Å². The van der Waals surface area contributed by atoms with Crippen LogP contribution in [0.4, 0.5) is 0 Å². The Bertz CT molecular complexity index is 509. The molecule has 0 radical (unpaired) electrons. The molecule has 3 rings (SSSR count). The second kappa shape index (κ2) is 8.24. The topological polar surface area (TPSA) is 134 Å². The molecule has 0 atom stereocenters. The Balaban J connectivity index is 1.96. The van der Waals surface area contributed by atoms with Crippen LogP contribution in [0.5, 0.6) is 0 Å². The highest BCUT2D eigenvalue weighted by Crippen LogP contribution is 2.38. The van der Waals surface area contributed by atoms with Crippen molar-refractivity contribution in [3.05, 3.63) is 22.5 Å².